The van der Waals surface area contributed by atoms with Gasteiger partial charge < -0.3 is 15.0 Å². The van der Waals surface area contributed by atoms with Gasteiger partial charge in [0.1, 0.15) is 5.82 Å². The molecular weight excluding hydrogens is 359 g/mol. The van der Waals surface area contributed by atoms with Crippen molar-refractivity contribution in [2.75, 3.05) is 19.8 Å². The molecule has 2 aromatic carbocycles. The van der Waals surface area contributed by atoms with Crippen molar-refractivity contribution in [2.24, 2.45) is 0 Å². The van der Waals surface area contributed by atoms with Crippen LogP contribution in [-0.4, -0.2) is 30.6 Å². The molecular formula is C22H21FN2O3. The van der Waals surface area contributed by atoms with Gasteiger partial charge in [-0.15, -0.1) is 0 Å². The minimum Gasteiger partial charge on any atom is -0.381 e. The lowest BCUT2D eigenvalue weighted by Crippen LogP contribution is -2.44. The van der Waals surface area contributed by atoms with Gasteiger partial charge in [-0.2, -0.15) is 0 Å². The number of aromatic nitrogens is 1. The number of carbonyl (C=O) groups excluding carboxylic acids is 1. The summed E-state index contributed by atoms with van der Waals surface area (Å²) in [6.45, 7) is 1.46. The second-order valence-electron chi connectivity index (χ2n) is 7.18. The molecule has 0 unspecified atom stereocenters. The smallest absolute Gasteiger partial charge is 0.252 e. The van der Waals surface area contributed by atoms with Crippen molar-refractivity contribution in [3.8, 4) is 0 Å². The van der Waals surface area contributed by atoms with Crippen molar-refractivity contribution < 1.29 is 13.9 Å². The predicted molar refractivity (Wildman–Crippen MR) is 105 cm³/mol. The van der Waals surface area contributed by atoms with Gasteiger partial charge in [-0.25, -0.2) is 4.39 Å². The molecule has 2 N–H and O–H groups in total. The summed E-state index contributed by atoms with van der Waals surface area (Å²) in [5, 5.41) is 3.66. The second kappa shape index (κ2) is 7.56. The molecule has 0 aliphatic carbocycles. The zero-order valence-corrected chi connectivity index (χ0v) is 15.3. The van der Waals surface area contributed by atoms with Gasteiger partial charge in [0.15, 0.2) is 0 Å². The first-order valence-electron chi connectivity index (χ1n) is 9.31. The fourth-order valence-electron chi connectivity index (χ4n) is 3.89. The van der Waals surface area contributed by atoms with Crippen LogP contribution in [0.25, 0.3) is 10.9 Å². The Morgan fingerprint density at radius 3 is 2.68 bits per heavy atom. The lowest BCUT2D eigenvalue weighted by atomic mass is 9.74. The van der Waals surface area contributed by atoms with Crippen LogP contribution in [0.2, 0.25) is 0 Å². The molecule has 144 valence electrons. The van der Waals surface area contributed by atoms with E-state index in [0.717, 1.165) is 5.56 Å². The molecule has 28 heavy (non-hydrogen) atoms. The van der Waals surface area contributed by atoms with E-state index in [-0.39, 0.29) is 17.3 Å². The summed E-state index contributed by atoms with van der Waals surface area (Å²) >= 11 is 0. The van der Waals surface area contributed by atoms with E-state index in [1.54, 1.807) is 24.3 Å². The Labute approximate surface area is 161 Å². The number of aromatic amines is 1. The monoisotopic (exact) mass is 380 g/mol. The highest BCUT2D eigenvalue weighted by molar-refractivity contribution is 6.05. The first kappa shape index (κ1) is 18.4. The van der Waals surface area contributed by atoms with Crippen LogP contribution in [0.4, 0.5) is 4.39 Å². The molecule has 3 aromatic rings. The first-order chi connectivity index (χ1) is 13.6. The Bertz CT molecular complexity index is 1070. The summed E-state index contributed by atoms with van der Waals surface area (Å²) in [5.74, 6) is -0.611. The van der Waals surface area contributed by atoms with E-state index in [2.05, 4.69) is 10.3 Å². The standard InChI is InChI=1S/C22H21FN2O3/c23-16-5-3-4-15(12-16)22(8-10-28-11-9-22)14-24-21(27)18-13-20(26)25-19-7-2-1-6-17(18)19/h1-7,12-13H,8-11,14H2,(H,24,27)(H,25,26). The zero-order valence-electron chi connectivity index (χ0n) is 15.3. The summed E-state index contributed by atoms with van der Waals surface area (Å²) in [6, 6.07) is 15.0. The van der Waals surface area contributed by atoms with Crippen LogP contribution in [0.3, 0.4) is 0 Å². The zero-order chi connectivity index (χ0) is 19.6. The number of ether oxygens (including phenoxy) is 1. The summed E-state index contributed by atoms with van der Waals surface area (Å²) < 4.78 is 19.3. The van der Waals surface area contributed by atoms with Crippen LogP contribution in [0.5, 0.6) is 0 Å². The Morgan fingerprint density at radius 1 is 1.11 bits per heavy atom. The average Bonchev–Trinajstić information content (AvgIpc) is 2.72. The molecule has 6 heteroatoms. The number of hydrogen-bond acceptors (Lipinski definition) is 3. The maximum Gasteiger partial charge on any atom is 0.252 e. The molecule has 1 aromatic heterocycles. The number of carbonyl (C=O) groups is 1. The third kappa shape index (κ3) is 3.55. The lowest BCUT2D eigenvalue weighted by molar-refractivity contribution is 0.0486. The molecule has 5 nitrogen and oxygen atoms in total. The minimum atomic E-state index is -0.396. The maximum absolute atomic E-state index is 13.8. The highest BCUT2D eigenvalue weighted by atomic mass is 19.1. The number of H-pyrrole nitrogens is 1. The number of para-hydroxylation sites is 1. The molecule has 0 atom stereocenters. The third-order valence-electron chi connectivity index (χ3n) is 5.47. The van der Waals surface area contributed by atoms with E-state index < -0.39 is 5.41 Å². The normalized spacial score (nSPS) is 16.0. The molecule has 1 aliphatic rings. The number of rotatable bonds is 4. The number of pyridine rings is 1. The van der Waals surface area contributed by atoms with Crippen LogP contribution in [0, 0.1) is 5.82 Å². The summed E-state index contributed by atoms with van der Waals surface area (Å²) in [5.41, 5.74) is 1.08. The van der Waals surface area contributed by atoms with Crippen LogP contribution in [0.1, 0.15) is 28.8 Å². The van der Waals surface area contributed by atoms with Crippen molar-refractivity contribution in [3.05, 3.63) is 81.9 Å². The van der Waals surface area contributed by atoms with E-state index in [0.29, 0.717) is 49.1 Å². The largest absolute Gasteiger partial charge is 0.381 e. The fourth-order valence-corrected chi connectivity index (χ4v) is 3.89. The van der Waals surface area contributed by atoms with Crippen molar-refractivity contribution in [1.29, 1.82) is 0 Å². The number of nitrogens with one attached hydrogen (secondary N) is 2. The van der Waals surface area contributed by atoms with Crippen molar-refractivity contribution in [3.63, 3.8) is 0 Å². The van der Waals surface area contributed by atoms with Crippen LogP contribution >= 0.6 is 0 Å². The Morgan fingerprint density at radius 2 is 1.89 bits per heavy atom. The molecule has 0 radical (unpaired) electrons. The fraction of sp³-hybridized carbons (Fsp3) is 0.273. The molecule has 0 spiro atoms. The molecule has 1 fully saturated rings. The highest BCUT2D eigenvalue weighted by Gasteiger charge is 2.35. The topological polar surface area (TPSA) is 71.2 Å². The van der Waals surface area contributed by atoms with Crippen LogP contribution in [-0.2, 0) is 10.2 Å². The third-order valence-corrected chi connectivity index (χ3v) is 5.47. The number of hydrogen-bond donors (Lipinski definition) is 2. The number of amides is 1. The Kier molecular flexibility index (Phi) is 4.96. The lowest BCUT2D eigenvalue weighted by Gasteiger charge is -2.38. The van der Waals surface area contributed by atoms with Gasteiger partial charge in [-0.1, -0.05) is 30.3 Å². The summed E-state index contributed by atoms with van der Waals surface area (Å²) in [6.07, 6.45) is 1.37. The van der Waals surface area contributed by atoms with E-state index in [9.17, 15) is 14.0 Å². The molecule has 0 bridgehead atoms. The molecule has 1 amide bonds. The van der Waals surface area contributed by atoms with E-state index >= 15 is 0 Å². The van der Waals surface area contributed by atoms with E-state index in [1.807, 2.05) is 12.1 Å². The highest BCUT2D eigenvalue weighted by Crippen LogP contribution is 2.34. The predicted octanol–water partition coefficient (Wildman–Crippen LogP) is 3.15. The Balaban J connectivity index is 1.63. The molecule has 1 saturated heterocycles. The number of benzene rings is 2. The van der Waals surface area contributed by atoms with Gasteiger partial charge in [0.05, 0.1) is 5.56 Å². The molecule has 0 saturated carbocycles. The summed E-state index contributed by atoms with van der Waals surface area (Å²) in [7, 11) is 0. The number of halogens is 1. The van der Waals surface area contributed by atoms with Crippen molar-refractivity contribution in [1.82, 2.24) is 10.3 Å². The van der Waals surface area contributed by atoms with E-state index in [4.69, 9.17) is 4.74 Å². The summed E-state index contributed by atoms with van der Waals surface area (Å²) in [4.78, 5) is 27.6. The Hall–Kier alpha value is -2.99. The maximum atomic E-state index is 13.8. The van der Waals surface area contributed by atoms with Gasteiger partial charge in [-0.05, 0) is 36.6 Å². The van der Waals surface area contributed by atoms with Gasteiger partial charge >= 0.3 is 0 Å². The molecule has 2 heterocycles. The van der Waals surface area contributed by atoms with Crippen LogP contribution < -0.4 is 10.9 Å². The van der Waals surface area contributed by atoms with Crippen molar-refractivity contribution >= 4 is 16.8 Å². The van der Waals surface area contributed by atoms with Crippen LogP contribution in [0.15, 0.2) is 59.4 Å². The van der Waals surface area contributed by atoms with Gasteiger partial charge in [-0.3, -0.25) is 9.59 Å². The minimum absolute atomic E-state index is 0.296. The molecule has 4 rings (SSSR count). The van der Waals surface area contributed by atoms with Crippen molar-refractivity contribution in [2.45, 2.75) is 18.3 Å². The van der Waals surface area contributed by atoms with Gasteiger partial charge in [0.25, 0.3) is 5.91 Å². The average molecular weight is 380 g/mol. The first-order valence-corrected chi connectivity index (χ1v) is 9.31. The SMILES string of the molecule is O=C(NCC1(c2cccc(F)c2)CCOCC1)c1cc(=O)[nH]c2ccccc12. The van der Waals surface area contributed by atoms with E-state index in [1.165, 1.54) is 18.2 Å². The number of fused-ring (bicyclic) bond motifs is 1. The molecule has 1 aliphatic heterocycles. The second-order valence-corrected chi connectivity index (χ2v) is 7.18. The van der Waals surface area contributed by atoms with Gasteiger partial charge in [0.2, 0.25) is 5.56 Å². The van der Waals surface area contributed by atoms with Gasteiger partial charge in [0, 0.05) is 42.1 Å². The quantitative estimate of drug-likeness (QED) is 0.730.